The van der Waals surface area contributed by atoms with Crippen LogP contribution in [-0.2, 0) is 40.1 Å². The highest BCUT2D eigenvalue weighted by atomic mass is 16.5. The molecule has 0 aliphatic rings. The van der Waals surface area contributed by atoms with Crippen molar-refractivity contribution >= 4 is 41.2 Å². The van der Waals surface area contributed by atoms with Crippen LogP contribution in [0.15, 0.2) is 24.3 Å². The first-order valence-corrected chi connectivity index (χ1v) is 13.6. The van der Waals surface area contributed by atoms with Crippen LogP contribution in [0.5, 0.6) is 0 Å². The minimum absolute atomic E-state index is 0.0117. The summed E-state index contributed by atoms with van der Waals surface area (Å²) in [4.78, 5) is 74.4. The van der Waals surface area contributed by atoms with Gasteiger partial charge in [-0.3, -0.25) is 28.8 Å². The van der Waals surface area contributed by atoms with Crippen LogP contribution in [0.2, 0.25) is 0 Å². The van der Waals surface area contributed by atoms with E-state index in [9.17, 15) is 28.8 Å². The third kappa shape index (κ3) is 12.8. The summed E-state index contributed by atoms with van der Waals surface area (Å²) < 4.78 is 5.20. The average molecular weight is 577 g/mol. The van der Waals surface area contributed by atoms with E-state index in [0.717, 1.165) is 5.56 Å². The lowest BCUT2D eigenvalue weighted by atomic mass is 10.0. The second-order valence-electron chi connectivity index (χ2n) is 10.6. The molecule has 4 unspecified atom stereocenters. The molecule has 5 amide bonds. The van der Waals surface area contributed by atoms with Gasteiger partial charge in [-0.15, -0.1) is 0 Å². The maximum absolute atomic E-state index is 13.1. The van der Waals surface area contributed by atoms with E-state index in [2.05, 4.69) is 26.6 Å². The van der Waals surface area contributed by atoms with E-state index in [1.165, 1.54) is 6.92 Å². The molecular weight excluding hydrogens is 532 g/mol. The molecule has 4 atom stereocenters. The van der Waals surface area contributed by atoms with Gasteiger partial charge in [-0.2, -0.15) is 0 Å². The van der Waals surface area contributed by atoms with Crippen molar-refractivity contribution in [3.63, 3.8) is 0 Å². The Morgan fingerprint density at radius 1 is 0.756 bits per heavy atom. The lowest BCUT2D eigenvalue weighted by Crippen LogP contribution is -2.57. The van der Waals surface area contributed by atoms with Crippen LogP contribution in [0.4, 0.5) is 5.69 Å². The molecule has 1 aromatic carbocycles. The summed E-state index contributed by atoms with van der Waals surface area (Å²) in [6.07, 6.45) is -0.240. The zero-order chi connectivity index (χ0) is 31.3. The van der Waals surface area contributed by atoms with Gasteiger partial charge in [0, 0.05) is 5.69 Å². The van der Waals surface area contributed by atoms with Crippen molar-refractivity contribution in [3.05, 3.63) is 29.8 Å². The summed E-state index contributed by atoms with van der Waals surface area (Å²) in [5.41, 5.74) is 6.50. The molecule has 0 aliphatic heterocycles. The number of carbonyl (C=O) groups is 6. The molecule has 13 nitrogen and oxygen atoms in total. The summed E-state index contributed by atoms with van der Waals surface area (Å²) in [5.74, 6) is -3.79. The second-order valence-corrected chi connectivity index (χ2v) is 10.6. The molecule has 13 heteroatoms. The van der Waals surface area contributed by atoms with Crippen molar-refractivity contribution in [1.29, 1.82) is 0 Å². The molecule has 1 rings (SSSR count). The van der Waals surface area contributed by atoms with Crippen LogP contribution in [0.3, 0.4) is 0 Å². The monoisotopic (exact) mass is 576 g/mol. The highest BCUT2D eigenvalue weighted by molar-refractivity contribution is 6.00. The van der Waals surface area contributed by atoms with E-state index in [-0.39, 0.29) is 30.8 Å². The number of benzene rings is 1. The van der Waals surface area contributed by atoms with Crippen molar-refractivity contribution in [2.24, 2.45) is 17.6 Å². The molecule has 0 aromatic heterocycles. The number of carbonyl (C=O) groups excluding carboxylic acids is 6. The Bertz CT molecular complexity index is 1070. The summed E-state index contributed by atoms with van der Waals surface area (Å²) >= 11 is 0. The largest absolute Gasteiger partial charge is 0.461 e. The molecule has 0 spiro atoms. The fraction of sp³-hybridized carbons (Fsp3) is 0.571. The van der Waals surface area contributed by atoms with Gasteiger partial charge >= 0.3 is 5.97 Å². The zero-order valence-corrected chi connectivity index (χ0v) is 24.8. The van der Waals surface area contributed by atoms with Crippen molar-refractivity contribution in [3.8, 4) is 0 Å². The third-order valence-electron chi connectivity index (χ3n) is 6.03. The Balaban J connectivity index is 2.93. The van der Waals surface area contributed by atoms with Gasteiger partial charge in [0.25, 0.3) is 0 Å². The first kappa shape index (κ1) is 35.0. The van der Waals surface area contributed by atoms with Gasteiger partial charge in [0.05, 0.1) is 18.4 Å². The summed E-state index contributed by atoms with van der Waals surface area (Å²) in [7, 11) is 1.59. The Hall–Kier alpha value is -4.00. The van der Waals surface area contributed by atoms with Crippen LogP contribution in [-0.4, -0.2) is 66.7 Å². The number of esters is 1. The molecule has 228 valence electrons. The Labute approximate surface area is 241 Å². The Kier molecular flexibility index (Phi) is 14.5. The van der Waals surface area contributed by atoms with Crippen molar-refractivity contribution in [1.82, 2.24) is 21.3 Å². The Morgan fingerprint density at radius 3 is 1.83 bits per heavy atom. The van der Waals surface area contributed by atoms with Crippen LogP contribution < -0.4 is 32.3 Å². The van der Waals surface area contributed by atoms with E-state index < -0.39 is 60.1 Å². The van der Waals surface area contributed by atoms with E-state index in [1.54, 1.807) is 52.1 Å². The quantitative estimate of drug-likeness (QED) is 0.151. The van der Waals surface area contributed by atoms with Crippen molar-refractivity contribution in [2.75, 3.05) is 12.4 Å². The van der Waals surface area contributed by atoms with Gasteiger partial charge in [-0.1, -0.05) is 39.8 Å². The van der Waals surface area contributed by atoms with Gasteiger partial charge in [0.1, 0.15) is 24.7 Å². The fourth-order valence-electron chi connectivity index (χ4n) is 3.45. The fourth-order valence-corrected chi connectivity index (χ4v) is 3.45. The van der Waals surface area contributed by atoms with Crippen LogP contribution in [0.1, 0.15) is 59.9 Å². The number of likely N-dealkylation sites (N-methyl/N-ethyl adjacent to an activating group) is 1. The lowest BCUT2D eigenvalue weighted by molar-refractivity contribution is -0.148. The highest BCUT2D eigenvalue weighted by Gasteiger charge is 2.30. The zero-order valence-electron chi connectivity index (χ0n) is 24.8. The van der Waals surface area contributed by atoms with Crippen LogP contribution >= 0.6 is 0 Å². The molecule has 41 heavy (non-hydrogen) atoms. The average Bonchev–Trinajstić information content (AvgIpc) is 2.90. The number of primary amides is 1. The normalized spacial score (nSPS) is 13.9. The minimum atomic E-state index is -1.36. The number of nitrogens with two attached hydrogens (primary N) is 1. The van der Waals surface area contributed by atoms with Gasteiger partial charge < -0.3 is 37.1 Å². The lowest BCUT2D eigenvalue weighted by Gasteiger charge is -2.25. The highest BCUT2D eigenvalue weighted by Crippen LogP contribution is 2.14. The van der Waals surface area contributed by atoms with Crippen molar-refractivity contribution < 1.29 is 33.5 Å². The molecule has 7 N–H and O–H groups in total. The molecule has 1 aromatic rings. The van der Waals surface area contributed by atoms with Gasteiger partial charge in [-0.05, 0) is 50.9 Å². The number of hydrogen-bond acceptors (Lipinski definition) is 8. The predicted molar refractivity (Wildman–Crippen MR) is 153 cm³/mol. The molecule has 0 radical (unpaired) electrons. The van der Waals surface area contributed by atoms with Crippen molar-refractivity contribution in [2.45, 2.75) is 85.2 Å². The van der Waals surface area contributed by atoms with Gasteiger partial charge in [0.2, 0.25) is 29.5 Å². The maximum atomic E-state index is 13.1. The Morgan fingerprint density at radius 2 is 1.32 bits per heavy atom. The molecule has 0 bridgehead atoms. The molecule has 0 heterocycles. The number of nitrogens with one attached hydrogen (secondary N) is 5. The number of ether oxygens (including phenoxy) is 1. The smallest absolute Gasteiger partial charge is 0.308 e. The molecule has 0 saturated carbocycles. The topological polar surface area (TPSA) is 198 Å². The molecule has 0 aliphatic carbocycles. The van der Waals surface area contributed by atoms with E-state index in [1.807, 2.05) is 13.8 Å². The number of amides is 5. The van der Waals surface area contributed by atoms with E-state index in [4.69, 9.17) is 10.5 Å². The number of hydrogen-bond donors (Lipinski definition) is 6. The maximum Gasteiger partial charge on any atom is 0.308 e. The number of rotatable bonds is 16. The number of anilines is 1. The molecular formula is C28H44N6O7. The third-order valence-corrected chi connectivity index (χ3v) is 6.03. The second kappa shape index (κ2) is 17.0. The summed E-state index contributed by atoms with van der Waals surface area (Å²) in [6, 6.07) is 2.78. The van der Waals surface area contributed by atoms with Crippen LogP contribution in [0.25, 0.3) is 0 Å². The molecule has 0 fully saturated rings. The van der Waals surface area contributed by atoms with Crippen LogP contribution in [0, 0.1) is 11.8 Å². The first-order valence-electron chi connectivity index (χ1n) is 13.6. The van der Waals surface area contributed by atoms with E-state index >= 15 is 0 Å². The summed E-state index contributed by atoms with van der Waals surface area (Å²) in [6.45, 7) is 10.4. The van der Waals surface area contributed by atoms with Gasteiger partial charge in [-0.25, -0.2) is 0 Å². The predicted octanol–water partition coefficient (Wildman–Crippen LogP) is 0.328. The summed E-state index contributed by atoms with van der Waals surface area (Å²) in [5, 5.41) is 13.1. The van der Waals surface area contributed by atoms with Gasteiger partial charge in [0.15, 0.2) is 0 Å². The SMILES string of the molecule is CNC(C)C(=O)NC(C)C(=O)NC(CC(N)=O)C(=O)NC(CC(C)C)C(=O)Nc1ccc(COC(=O)C(C)C)cc1. The molecule has 0 saturated heterocycles. The van der Waals surface area contributed by atoms with E-state index in [0.29, 0.717) is 5.69 Å². The minimum Gasteiger partial charge on any atom is -0.461 e. The first-order chi connectivity index (χ1) is 19.1. The standard InChI is InChI=1S/C28H44N6O7/c1-15(2)12-21(26(38)32-20-10-8-19(9-11-20)14-41-28(40)16(3)4)34-27(39)22(13-23(29)35)33-25(37)18(6)31-24(36)17(5)30-7/h8-11,15-18,21-22,30H,12-14H2,1-7H3,(H2,29,35)(H,31,36)(H,32,38)(H,33,37)(H,34,39).